The minimum atomic E-state index is -0.919. The molecule has 350 valence electrons. The van der Waals surface area contributed by atoms with Gasteiger partial charge in [-0.3, -0.25) is 14.4 Å². The average molecular weight is 912 g/mol. The number of aromatic nitrogens is 3. The number of benzene rings is 3. The van der Waals surface area contributed by atoms with Crippen LogP contribution >= 0.6 is 0 Å². The van der Waals surface area contributed by atoms with E-state index in [1.165, 1.54) is 6.33 Å². The van der Waals surface area contributed by atoms with E-state index in [-0.39, 0.29) is 36.1 Å². The van der Waals surface area contributed by atoms with Crippen LogP contribution < -0.4 is 29.0 Å². The lowest BCUT2D eigenvalue weighted by Crippen LogP contribution is -2.56. The van der Waals surface area contributed by atoms with Gasteiger partial charge in [-0.25, -0.2) is 15.0 Å². The summed E-state index contributed by atoms with van der Waals surface area (Å²) in [6.45, 7) is 4.75. The van der Waals surface area contributed by atoms with Gasteiger partial charge in [-0.2, -0.15) is 5.10 Å². The van der Waals surface area contributed by atoms with Crippen LogP contribution in [-0.2, 0) is 20.7 Å². The molecule has 16 nitrogen and oxygen atoms in total. The average Bonchev–Trinajstić information content (AvgIpc) is 3.99. The van der Waals surface area contributed by atoms with Gasteiger partial charge in [0, 0.05) is 48.2 Å². The highest BCUT2D eigenvalue weighted by atomic mass is 16.9. The van der Waals surface area contributed by atoms with Crippen LogP contribution in [0.1, 0.15) is 85.5 Å². The zero-order valence-corrected chi connectivity index (χ0v) is 38.4. The van der Waals surface area contributed by atoms with Gasteiger partial charge in [-0.15, -0.1) is 0 Å². The molecular formula is C51H57N7O9. The van der Waals surface area contributed by atoms with Gasteiger partial charge in [0.2, 0.25) is 11.8 Å². The van der Waals surface area contributed by atoms with Crippen molar-refractivity contribution in [2.75, 3.05) is 40.5 Å². The molecule has 3 aromatic carbocycles. The highest BCUT2D eigenvalue weighted by Crippen LogP contribution is 2.45. The van der Waals surface area contributed by atoms with Crippen LogP contribution in [0, 0.1) is 24.7 Å². The largest absolute Gasteiger partial charge is 0.494 e. The zero-order valence-electron chi connectivity index (χ0n) is 38.4. The highest BCUT2D eigenvalue weighted by Gasteiger charge is 2.44. The molecule has 10 rings (SSSR count). The van der Waals surface area contributed by atoms with Crippen LogP contribution in [0.5, 0.6) is 28.7 Å². The predicted octanol–water partition coefficient (Wildman–Crippen LogP) is 7.22. The molecule has 0 unspecified atom stereocenters. The quantitative estimate of drug-likeness (QED) is 0.108. The van der Waals surface area contributed by atoms with E-state index in [1.54, 1.807) is 24.1 Å². The SMILES string of the molecule is CCOc1ccc(C[C@@H](NC(=O)c2c(C)[nH]c3c(-c4cccc5c4O[C@@H](OCC4CC4)O5)ncnc23)C(=O)N2CCC(N3N=C(c4ccc(OC)c(OC)c4)[C@H]4CCCC[C@H]4C3=O)CC2)cc1. The molecule has 16 heteroatoms. The molecule has 3 aliphatic heterocycles. The Kier molecular flexibility index (Phi) is 12.5. The van der Waals surface area contributed by atoms with E-state index < -0.39 is 18.4 Å². The Morgan fingerprint density at radius 3 is 2.43 bits per heavy atom. The van der Waals surface area contributed by atoms with Crippen LogP contribution in [0.3, 0.4) is 0 Å². The van der Waals surface area contributed by atoms with Crippen molar-refractivity contribution in [2.24, 2.45) is 22.9 Å². The van der Waals surface area contributed by atoms with Gasteiger partial charge in [-0.1, -0.05) is 31.0 Å². The summed E-state index contributed by atoms with van der Waals surface area (Å²) in [7, 11) is 3.23. The van der Waals surface area contributed by atoms with E-state index in [0.717, 1.165) is 61.1 Å². The molecule has 4 atom stereocenters. The maximum atomic E-state index is 14.8. The number of nitrogens with one attached hydrogen (secondary N) is 2. The Hall–Kier alpha value is -6.68. The van der Waals surface area contributed by atoms with Gasteiger partial charge in [0.15, 0.2) is 23.0 Å². The predicted molar refractivity (Wildman–Crippen MR) is 248 cm³/mol. The number of aromatic amines is 1. The number of nitrogens with zero attached hydrogens (tertiary/aromatic N) is 5. The molecule has 0 spiro atoms. The maximum Gasteiger partial charge on any atom is 0.361 e. The first-order valence-electron chi connectivity index (χ1n) is 23.6. The Labute approximate surface area is 389 Å². The number of hydrazone groups is 1. The summed E-state index contributed by atoms with van der Waals surface area (Å²) in [6.07, 6.45) is 8.77. The standard InChI is InChI=1S/C51H57N7O9/c1-5-64-34-18-15-30(16-19-34)25-38(55-48(59)42-29(2)54-46-44(52-28-53-45(42)46)37-11-8-12-40-47(37)67-51(66-40)65-27-31-13-14-31)50(61)57-23-21-33(22-24-57)58-49(60)36-10-7-6-9-35(36)43(56-58)32-17-20-39(62-3)41(26-32)63-4/h8,11-12,15-20,26,28,31,33,35-36,38,51,54H,5-7,9-10,13-14,21-25,27H2,1-4H3,(H,55,59)/t35-,36+,38+,51-/m0/s1. The fourth-order valence-electron chi connectivity index (χ4n) is 10.1. The lowest BCUT2D eigenvalue weighted by Gasteiger charge is -2.43. The van der Waals surface area contributed by atoms with Crippen LogP contribution in [0.2, 0.25) is 0 Å². The van der Waals surface area contributed by atoms with E-state index in [0.29, 0.717) is 102 Å². The highest BCUT2D eigenvalue weighted by molar-refractivity contribution is 6.10. The maximum absolute atomic E-state index is 14.8. The minimum Gasteiger partial charge on any atom is -0.494 e. The lowest BCUT2D eigenvalue weighted by molar-refractivity contribution is -0.179. The third-order valence-corrected chi connectivity index (χ3v) is 13.8. The summed E-state index contributed by atoms with van der Waals surface area (Å²) < 4.78 is 34.8. The van der Waals surface area contributed by atoms with E-state index >= 15 is 0 Å². The number of piperidine rings is 1. The van der Waals surface area contributed by atoms with E-state index in [9.17, 15) is 14.4 Å². The third-order valence-electron chi connectivity index (χ3n) is 13.8. The van der Waals surface area contributed by atoms with Crippen molar-refractivity contribution in [2.45, 2.75) is 90.2 Å². The first-order chi connectivity index (χ1) is 32.7. The summed E-state index contributed by atoms with van der Waals surface area (Å²) in [6, 6.07) is 17.8. The first-order valence-corrected chi connectivity index (χ1v) is 23.6. The summed E-state index contributed by atoms with van der Waals surface area (Å²) in [5.74, 6) is 2.80. The second-order valence-corrected chi connectivity index (χ2v) is 18.1. The van der Waals surface area contributed by atoms with Crippen LogP contribution in [0.15, 0.2) is 72.1 Å². The van der Waals surface area contributed by atoms with Gasteiger partial charge in [0.25, 0.3) is 5.91 Å². The van der Waals surface area contributed by atoms with E-state index in [4.69, 9.17) is 33.5 Å². The van der Waals surface area contributed by atoms with Gasteiger partial charge < -0.3 is 43.6 Å². The number of para-hydroxylation sites is 1. The molecule has 3 fully saturated rings. The Morgan fingerprint density at radius 1 is 0.910 bits per heavy atom. The number of fused-ring (bicyclic) bond motifs is 3. The number of amides is 3. The normalized spacial score (nSPS) is 20.9. The number of rotatable bonds is 15. The van der Waals surface area contributed by atoms with Crippen LogP contribution in [0.4, 0.5) is 0 Å². The molecule has 2 aromatic heterocycles. The van der Waals surface area contributed by atoms with Crippen LogP contribution in [-0.4, -0.2) is 107 Å². The van der Waals surface area contributed by atoms with Crippen molar-refractivity contribution in [1.82, 2.24) is 30.2 Å². The number of hydrogen-bond acceptors (Lipinski definition) is 12. The van der Waals surface area contributed by atoms with Gasteiger partial charge in [-0.05, 0) is 106 Å². The Balaban J connectivity index is 0.892. The number of carbonyl (C=O) groups excluding carboxylic acids is 3. The fourth-order valence-corrected chi connectivity index (χ4v) is 10.1. The number of likely N-dealkylation sites (tertiary alicyclic amines) is 1. The number of aryl methyl sites for hydroxylation is 1. The third kappa shape index (κ3) is 8.86. The molecule has 2 N–H and O–H groups in total. The molecule has 67 heavy (non-hydrogen) atoms. The number of ether oxygens (including phenoxy) is 6. The molecule has 5 aliphatic rings. The molecule has 2 saturated carbocycles. The molecule has 3 amide bonds. The van der Waals surface area contributed by atoms with Crippen LogP contribution in [0.25, 0.3) is 22.3 Å². The van der Waals surface area contributed by atoms with E-state index in [1.807, 2.05) is 74.5 Å². The van der Waals surface area contributed by atoms with Crippen molar-refractivity contribution < 1.29 is 42.8 Å². The number of H-pyrrole nitrogens is 1. The number of methoxy groups -OCH3 is 2. The second-order valence-electron chi connectivity index (χ2n) is 18.1. The van der Waals surface area contributed by atoms with Crippen molar-refractivity contribution in [3.63, 3.8) is 0 Å². The molecule has 0 bridgehead atoms. The second kappa shape index (κ2) is 18.9. The Morgan fingerprint density at radius 2 is 1.69 bits per heavy atom. The molecule has 5 aromatic rings. The van der Waals surface area contributed by atoms with Crippen molar-refractivity contribution in [3.8, 4) is 40.0 Å². The molecule has 0 radical (unpaired) electrons. The summed E-state index contributed by atoms with van der Waals surface area (Å²) in [5, 5.41) is 9.94. The minimum absolute atomic E-state index is 0.0230. The molecule has 5 heterocycles. The molecule has 1 saturated heterocycles. The number of hydrogen-bond donors (Lipinski definition) is 2. The number of carbonyl (C=O) groups is 3. The van der Waals surface area contributed by atoms with Gasteiger partial charge in [0.05, 0.1) is 50.3 Å². The van der Waals surface area contributed by atoms with Crippen molar-refractivity contribution >= 4 is 34.5 Å². The molecule has 2 aliphatic carbocycles. The molecular weight excluding hydrogens is 855 g/mol. The monoisotopic (exact) mass is 911 g/mol. The van der Waals surface area contributed by atoms with Gasteiger partial charge in [0.1, 0.15) is 29.3 Å². The van der Waals surface area contributed by atoms with Crippen molar-refractivity contribution in [3.05, 3.63) is 89.4 Å². The lowest BCUT2D eigenvalue weighted by atomic mass is 9.73. The van der Waals surface area contributed by atoms with Crippen molar-refractivity contribution in [1.29, 1.82) is 0 Å². The zero-order chi connectivity index (χ0) is 46.2. The van der Waals surface area contributed by atoms with Gasteiger partial charge >= 0.3 is 6.48 Å². The topological polar surface area (TPSA) is 179 Å². The summed E-state index contributed by atoms with van der Waals surface area (Å²) in [4.78, 5) is 58.0. The summed E-state index contributed by atoms with van der Waals surface area (Å²) in [5.41, 5.74) is 5.69. The fraction of sp³-hybridized carbons (Fsp3) is 0.451. The Bertz CT molecular complexity index is 2690. The van der Waals surface area contributed by atoms with E-state index in [2.05, 4.69) is 20.3 Å². The summed E-state index contributed by atoms with van der Waals surface area (Å²) >= 11 is 0. The first kappa shape index (κ1) is 44.2. The smallest absolute Gasteiger partial charge is 0.361 e.